The molecule has 2 rings (SSSR count). The zero-order chi connectivity index (χ0) is 24.5. The van der Waals surface area contributed by atoms with Crippen LogP contribution in [0.1, 0.15) is 32.3 Å². The zero-order valence-corrected chi connectivity index (χ0v) is 20.2. The van der Waals surface area contributed by atoms with Crippen LogP contribution in [0.25, 0.3) is 0 Å². The summed E-state index contributed by atoms with van der Waals surface area (Å²) >= 11 is 3.46. The number of halogens is 4. The van der Waals surface area contributed by atoms with Crippen molar-refractivity contribution in [1.29, 1.82) is 0 Å². The second-order valence-corrected chi connectivity index (χ2v) is 8.80. The van der Waals surface area contributed by atoms with E-state index in [1.165, 1.54) is 0 Å². The van der Waals surface area contributed by atoms with Gasteiger partial charge in [-0.2, -0.15) is 13.2 Å². The van der Waals surface area contributed by atoms with Crippen LogP contribution in [0.15, 0.2) is 47.1 Å². The van der Waals surface area contributed by atoms with Gasteiger partial charge >= 0.3 is 18.1 Å². The van der Waals surface area contributed by atoms with Gasteiger partial charge < -0.3 is 15.5 Å². The van der Waals surface area contributed by atoms with Crippen molar-refractivity contribution in [3.8, 4) is 5.75 Å². The zero-order valence-electron chi connectivity index (χ0n) is 18.6. The van der Waals surface area contributed by atoms with Crippen LogP contribution in [0.4, 0.5) is 19.0 Å². The maximum atomic E-state index is 12.1. The predicted molar refractivity (Wildman–Crippen MR) is 121 cm³/mol. The molecule has 34 heavy (non-hydrogen) atoms. The number of hydrogen-bond donors (Lipinski definition) is 1. The lowest BCUT2D eigenvalue weighted by molar-refractivity contribution is -0.286. The molecular formula is C22H26BrF3N2O6. The Morgan fingerprint density at radius 1 is 1.12 bits per heavy atom. The summed E-state index contributed by atoms with van der Waals surface area (Å²) in [6.07, 6.45) is -2.59. The molecule has 0 bridgehead atoms. The highest BCUT2D eigenvalue weighted by atomic mass is 79.9. The predicted octanol–water partition coefficient (Wildman–Crippen LogP) is 4.42. The number of nitrogens with zero attached hydrogens (tertiary/aromatic N) is 1. The molecule has 1 aromatic heterocycles. The molecule has 1 heterocycles. The van der Waals surface area contributed by atoms with Crippen LogP contribution in [-0.4, -0.2) is 41.7 Å². The van der Waals surface area contributed by atoms with Gasteiger partial charge in [0, 0.05) is 12.7 Å². The number of pyridine rings is 1. The molecule has 0 aliphatic heterocycles. The average Bonchev–Trinajstić information content (AvgIpc) is 2.72. The van der Waals surface area contributed by atoms with Crippen molar-refractivity contribution < 1.29 is 42.7 Å². The van der Waals surface area contributed by atoms with E-state index in [-0.39, 0.29) is 11.9 Å². The van der Waals surface area contributed by atoms with Gasteiger partial charge in [-0.15, -0.1) is 0 Å². The Hall–Kier alpha value is -2.86. The monoisotopic (exact) mass is 550 g/mol. The molecule has 1 aromatic carbocycles. The number of anilines is 1. The van der Waals surface area contributed by atoms with Gasteiger partial charge in [-0.1, -0.05) is 26.0 Å². The molecule has 3 N–H and O–H groups in total. The van der Waals surface area contributed by atoms with E-state index in [2.05, 4.69) is 36.0 Å². The normalized spacial score (nSPS) is 11.2. The van der Waals surface area contributed by atoms with Gasteiger partial charge in [-0.05, 0) is 64.0 Å². The number of ether oxygens (including phenoxy) is 1. The number of rotatable bonds is 10. The summed E-state index contributed by atoms with van der Waals surface area (Å²) in [5.41, 5.74) is 0.205. The van der Waals surface area contributed by atoms with Crippen LogP contribution < -0.4 is 10.1 Å². The molecule has 0 aliphatic carbocycles. The lowest BCUT2D eigenvalue weighted by Crippen LogP contribution is -2.28. The van der Waals surface area contributed by atoms with E-state index in [9.17, 15) is 22.8 Å². The highest BCUT2D eigenvalue weighted by Crippen LogP contribution is 2.31. The minimum absolute atomic E-state index is 0. The third kappa shape index (κ3) is 10.4. The SMILES string of the molecule is CC(C)(CC(=O)OOC(=O)C(F)(F)F)Cc1ccc(OCCCNc2ccccn2)c(Br)c1.O. The average molecular weight is 551 g/mol. The third-order valence-corrected chi connectivity index (χ3v) is 4.91. The topological polar surface area (TPSA) is 118 Å². The Balaban J connectivity index is 0.00000578. The summed E-state index contributed by atoms with van der Waals surface area (Å²) in [5, 5.41) is 3.19. The fraction of sp³-hybridized carbons (Fsp3) is 0.409. The first-order chi connectivity index (χ1) is 15.5. The summed E-state index contributed by atoms with van der Waals surface area (Å²) in [5.74, 6) is -2.20. The number of aromatic nitrogens is 1. The van der Waals surface area contributed by atoms with E-state index in [0.717, 1.165) is 22.3 Å². The second-order valence-electron chi connectivity index (χ2n) is 7.95. The van der Waals surface area contributed by atoms with Gasteiger partial charge in [-0.3, -0.25) is 0 Å². The Labute approximate surface area is 203 Å². The molecule has 0 atom stereocenters. The first kappa shape index (κ1) is 29.2. The van der Waals surface area contributed by atoms with Crippen LogP contribution in [0.3, 0.4) is 0 Å². The molecule has 0 aliphatic rings. The molecule has 0 saturated heterocycles. The van der Waals surface area contributed by atoms with Crippen molar-refractivity contribution in [2.45, 2.75) is 39.3 Å². The highest BCUT2D eigenvalue weighted by Gasteiger charge is 2.43. The van der Waals surface area contributed by atoms with E-state index in [1.54, 1.807) is 26.1 Å². The van der Waals surface area contributed by atoms with Gasteiger partial charge in [-0.25, -0.2) is 24.3 Å². The number of carbonyl (C=O) groups is 2. The maximum Gasteiger partial charge on any atom is 0.495 e. The molecule has 0 radical (unpaired) electrons. The Morgan fingerprint density at radius 3 is 2.47 bits per heavy atom. The summed E-state index contributed by atoms with van der Waals surface area (Å²) < 4.78 is 42.8. The van der Waals surface area contributed by atoms with Gasteiger partial charge in [0.15, 0.2) is 0 Å². The summed E-state index contributed by atoms with van der Waals surface area (Å²) in [4.78, 5) is 34.1. The fourth-order valence-corrected chi connectivity index (χ4v) is 3.42. The molecule has 0 amide bonds. The molecule has 0 saturated carbocycles. The molecule has 0 unspecified atom stereocenters. The fourth-order valence-electron chi connectivity index (χ4n) is 2.88. The van der Waals surface area contributed by atoms with E-state index < -0.39 is 23.5 Å². The van der Waals surface area contributed by atoms with E-state index in [4.69, 9.17) is 4.74 Å². The first-order valence-corrected chi connectivity index (χ1v) is 10.8. The highest BCUT2D eigenvalue weighted by molar-refractivity contribution is 9.10. The van der Waals surface area contributed by atoms with Crippen molar-refractivity contribution in [2.75, 3.05) is 18.5 Å². The quantitative estimate of drug-likeness (QED) is 0.264. The van der Waals surface area contributed by atoms with E-state index in [0.29, 0.717) is 25.3 Å². The van der Waals surface area contributed by atoms with Gasteiger partial charge in [0.1, 0.15) is 11.6 Å². The van der Waals surface area contributed by atoms with Crippen molar-refractivity contribution in [3.63, 3.8) is 0 Å². The number of hydrogen-bond acceptors (Lipinski definition) is 7. The summed E-state index contributed by atoms with van der Waals surface area (Å²) in [7, 11) is 0. The Bertz CT molecular complexity index is 942. The maximum absolute atomic E-state index is 12.1. The molecule has 0 fully saturated rings. The van der Waals surface area contributed by atoms with Crippen molar-refractivity contribution >= 4 is 33.7 Å². The Morgan fingerprint density at radius 2 is 1.85 bits per heavy atom. The summed E-state index contributed by atoms with van der Waals surface area (Å²) in [6, 6.07) is 11.1. The largest absolute Gasteiger partial charge is 0.495 e. The van der Waals surface area contributed by atoms with Crippen molar-refractivity contribution in [2.24, 2.45) is 5.41 Å². The second kappa shape index (κ2) is 13.1. The van der Waals surface area contributed by atoms with Crippen LogP contribution in [-0.2, 0) is 25.8 Å². The third-order valence-electron chi connectivity index (χ3n) is 4.29. The molecule has 8 nitrogen and oxygen atoms in total. The molecular weight excluding hydrogens is 525 g/mol. The van der Waals surface area contributed by atoms with Gasteiger partial charge in [0.05, 0.1) is 17.5 Å². The molecule has 0 spiro atoms. The minimum Gasteiger partial charge on any atom is -0.492 e. The Kier molecular flexibility index (Phi) is 11.3. The number of alkyl halides is 3. The van der Waals surface area contributed by atoms with Crippen LogP contribution in [0.2, 0.25) is 0 Å². The smallest absolute Gasteiger partial charge is 0.492 e. The van der Waals surface area contributed by atoms with Crippen LogP contribution in [0.5, 0.6) is 5.75 Å². The van der Waals surface area contributed by atoms with E-state index in [1.807, 2.05) is 30.3 Å². The van der Waals surface area contributed by atoms with Crippen LogP contribution >= 0.6 is 15.9 Å². The van der Waals surface area contributed by atoms with Gasteiger partial charge in [0.2, 0.25) is 0 Å². The number of benzene rings is 1. The summed E-state index contributed by atoms with van der Waals surface area (Å²) in [6.45, 7) is 4.68. The van der Waals surface area contributed by atoms with Crippen molar-refractivity contribution in [1.82, 2.24) is 4.98 Å². The number of carbonyl (C=O) groups excluding carboxylic acids is 2. The van der Waals surface area contributed by atoms with E-state index >= 15 is 0 Å². The van der Waals surface area contributed by atoms with Crippen LogP contribution in [0, 0.1) is 5.41 Å². The molecule has 2 aromatic rings. The minimum atomic E-state index is -5.23. The van der Waals surface area contributed by atoms with Gasteiger partial charge in [0.25, 0.3) is 0 Å². The lowest BCUT2D eigenvalue weighted by atomic mass is 9.83. The van der Waals surface area contributed by atoms with Crippen molar-refractivity contribution in [3.05, 3.63) is 52.6 Å². The number of nitrogens with one attached hydrogen (secondary N) is 1. The molecule has 12 heteroatoms. The first-order valence-electron chi connectivity index (χ1n) is 10.0. The molecule has 188 valence electrons. The lowest BCUT2D eigenvalue weighted by Gasteiger charge is -2.23. The standard InChI is InChI=1S/C22H24BrF3N2O5.H2O/c1-21(2,14-19(29)32-33-20(30)22(24,25)26)13-15-7-8-17(16(23)12-15)31-11-5-10-28-18-6-3-4-9-27-18;/h3-4,6-9,12H,5,10-11,13-14H2,1-2H3,(H,27,28);1H2.